The maximum Gasteiger partial charge on any atom is 0.407 e. The van der Waals surface area contributed by atoms with Crippen molar-refractivity contribution in [3.63, 3.8) is 0 Å². The van der Waals surface area contributed by atoms with Crippen molar-refractivity contribution in [1.82, 2.24) is 35.8 Å². The number of hydrogen-bond donors (Lipinski definition) is 3. The number of nitrogens with one attached hydrogen (secondary N) is 2. The zero-order valence-corrected chi connectivity index (χ0v) is 31.2. The Hall–Kier alpha value is -5.21. The number of rotatable bonds is 14. The third kappa shape index (κ3) is 11.4. The van der Waals surface area contributed by atoms with E-state index < -0.39 is 23.6 Å². The molecule has 1 atom stereocenters. The first kappa shape index (κ1) is 39.0. The summed E-state index contributed by atoms with van der Waals surface area (Å²) in [5.41, 5.74) is 9.87. The number of nitrogens with zero attached hydrogens (tertiary/aromatic N) is 6. The van der Waals surface area contributed by atoms with Gasteiger partial charge in [-0.1, -0.05) is 24.3 Å². The van der Waals surface area contributed by atoms with E-state index in [0.717, 1.165) is 42.5 Å². The quantitative estimate of drug-likeness (QED) is 0.149. The molecule has 53 heavy (non-hydrogen) atoms. The van der Waals surface area contributed by atoms with Crippen molar-refractivity contribution < 1.29 is 23.9 Å². The van der Waals surface area contributed by atoms with Gasteiger partial charge in [-0.25, -0.2) is 14.7 Å². The molecule has 1 aliphatic carbocycles. The number of ether oxygens (including phenoxy) is 2. The smallest absolute Gasteiger partial charge is 0.407 e. The predicted molar refractivity (Wildman–Crippen MR) is 202 cm³/mol. The van der Waals surface area contributed by atoms with E-state index in [1.165, 1.54) is 4.90 Å². The number of alkyl carbamates (subject to hydrolysis) is 1. The molecular weight excluding hydrogens is 674 g/mol. The van der Waals surface area contributed by atoms with E-state index >= 15 is 0 Å². The van der Waals surface area contributed by atoms with E-state index in [1.807, 2.05) is 71.3 Å². The minimum atomic E-state index is -0.971. The molecule has 2 aromatic carbocycles. The first-order valence-corrected chi connectivity index (χ1v) is 18.1. The Morgan fingerprint density at radius 2 is 1.62 bits per heavy atom. The van der Waals surface area contributed by atoms with Crippen molar-refractivity contribution in [2.24, 2.45) is 17.6 Å². The maximum absolute atomic E-state index is 14.2. The molecule has 4 N–H and O–H groups in total. The van der Waals surface area contributed by atoms with Gasteiger partial charge in [0.1, 0.15) is 5.60 Å². The first-order valence-electron chi connectivity index (χ1n) is 18.1. The summed E-state index contributed by atoms with van der Waals surface area (Å²) in [5.74, 6) is 0.0453. The third-order valence-electron chi connectivity index (χ3n) is 9.10. The van der Waals surface area contributed by atoms with E-state index in [2.05, 4.69) is 35.8 Å². The Morgan fingerprint density at radius 1 is 0.943 bits per heavy atom. The highest BCUT2D eigenvalue weighted by Crippen LogP contribution is 2.32. The number of H-pyrrole nitrogens is 1. The fraction of sp³-hybridized carbons (Fsp3) is 0.462. The van der Waals surface area contributed by atoms with Crippen molar-refractivity contribution in [1.29, 1.82) is 0 Å². The van der Waals surface area contributed by atoms with Gasteiger partial charge in [0, 0.05) is 42.4 Å². The van der Waals surface area contributed by atoms with Gasteiger partial charge in [-0.15, -0.1) is 10.2 Å². The van der Waals surface area contributed by atoms with Crippen LogP contribution in [0.15, 0.2) is 66.9 Å². The van der Waals surface area contributed by atoms with Crippen LogP contribution in [0.25, 0.3) is 22.5 Å². The highest BCUT2D eigenvalue weighted by Gasteiger charge is 2.35. The summed E-state index contributed by atoms with van der Waals surface area (Å²) in [7, 11) is 4.06. The Bertz CT molecular complexity index is 1770. The number of carbonyl (C=O) groups is 3. The molecule has 0 radical (unpaired) electrons. The number of anilines is 1. The van der Waals surface area contributed by atoms with E-state index in [1.54, 1.807) is 30.5 Å². The molecule has 0 unspecified atom stereocenters. The second-order valence-electron chi connectivity index (χ2n) is 14.8. The first-order chi connectivity index (χ1) is 25.4. The van der Waals surface area contributed by atoms with Crippen LogP contribution < -0.4 is 20.7 Å². The molecule has 2 heterocycles. The number of pyridine rings is 1. The fourth-order valence-corrected chi connectivity index (χ4v) is 6.28. The molecule has 0 aliphatic heterocycles. The van der Waals surface area contributed by atoms with Crippen molar-refractivity contribution >= 4 is 23.6 Å². The number of aromatic nitrogens is 5. The van der Waals surface area contributed by atoms with E-state index in [4.69, 9.17) is 15.2 Å². The van der Waals surface area contributed by atoms with Crippen LogP contribution in [0.1, 0.15) is 58.4 Å². The van der Waals surface area contributed by atoms with Gasteiger partial charge in [0.05, 0.1) is 18.3 Å². The van der Waals surface area contributed by atoms with Gasteiger partial charge >= 0.3 is 6.09 Å². The maximum atomic E-state index is 14.2. The largest absolute Gasteiger partial charge is 0.478 e. The number of imide groups is 1. The van der Waals surface area contributed by atoms with Gasteiger partial charge in [-0.3, -0.25) is 9.59 Å². The summed E-state index contributed by atoms with van der Waals surface area (Å²) in [5, 5.41) is 16.9. The van der Waals surface area contributed by atoms with Crippen molar-refractivity contribution in [3.05, 3.63) is 72.4 Å². The fourth-order valence-electron chi connectivity index (χ4n) is 6.28. The second kappa shape index (κ2) is 18.0. The topological polar surface area (TPSA) is 182 Å². The lowest BCUT2D eigenvalue weighted by Crippen LogP contribution is -2.50. The minimum absolute atomic E-state index is 0.204. The van der Waals surface area contributed by atoms with Crippen LogP contribution in [-0.2, 0) is 20.7 Å². The molecule has 0 bridgehead atoms. The third-order valence-corrected chi connectivity index (χ3v) is 9.10. The average molecular weight is 726 g/mol. The average Bonchev–Trinajstić information content (AvgIpc) is 3.68. The summed E-state index contributed by atoms with van der Waals surface area (Å²) in [6, 6.07) is 17.6. The summed E-state index contributed by atoms with van der Waals surface area (Å²) < 4.78 is 11.1. The van der Waals surface area contributed by atoms with E-state index in [0.29, 0.717) is 48.9 Å². The van der Waals surface area contributed by atoms with E-state index in [-0.39, 0.29) is 24.2 Å². The van der Waals surface area contributed by atoms with Crippen molar-refractivity contribution in [2.45, 2.75) is 70.9 Å². The molecule has 14 heteroatoms. The SMILES string of the molecule is CN(C)CCCOc1ccc(-c2ccc(C[C@H](N)C(=O)N(C(=O)C3CCC(CNC(=O)OC(C)(C)C)CC3)c3ccc(-c4nn[nH]n4)cc3)cc2)cn1. The molecule has 0 saturated heterocycles. The summed E-state index contributed by atoms with van der Waals surface area (Å²) in [6.45, 7) is 7.47. The normalized spacial score (nSPS) is 16.5. The lowest BCUT2D eigenvalue weighted by atomic mass is 9.81. The highest BCUT2D eigenvalue weighted by atomic mass is 16.6. The Balaban J connectivity index is 1.23. The molecule has 1 aliphatic rings. The molecule has 5 rings (SSSR count). The highest BCUT2D eigenvalue weighted by molar-refractivity contribution is 6.17. The predicted octanol–water partition coefficient (Wildman–Crippen LogP) is 5.02. The number of amides is 3. The van der Waals surface area contributed by atoms with Crippen LogP contribution in [0, 0.1) is 11.8 Å². The zero-order valence-electron chi connectivity index (χ0n) is 31.2. The Kier molecular flexibility index (Phi) is 13.3. The van der Waals surface area contributed by atoms with Crippen LogP contribution >= 0.6 is 0 Å². The molecule has 14 nitrogen and oxygen atoms in total. The van der Waals surface area contributed by atoms with Crippen LogP contribution in [0.5, 0.6) is 5.88 Å². The molecule has 0 spiro atoms. The second-order valence-corrected chi connectivity index (χ2v) is 14.8. The van der Waals surface area contributed by atoms with Gasteiger partial charge in [0.15, 0.2) is 0 Å². The van der Waals surface area contributed by atoms with Gasteiger partial charge < -0.3 is 25.4 Å². The molecule has 4 aromatic rings. The molecule has 2 aromatic heterocycles. The Morgan fingerprint density at radius 3 is 2.23 bits per heavy atom. The number of nitrogens with two attached hydrogens (primary N) is 1. The number of carbonyl (C=O) groups excluding carboxylic acids is 3. The number of aromatic amines is 1. The van der Waals surface area contributed by atoms with Crippen molar-refractivity contribution in [3.8, 4) is 28.4 Å². The number of hydrogen-bond acceptors (Lipinski definition) is 11. The van der Waals surface area contributed by atoms with Crippen LogP contribution in [0.4, 0.5) is 10.5 Å². The van der Waals surface area contributed by atoms with Crippen molar-refractivity contribution in [2.75, 3.05) is 38.7 Å². The lowest BCUT2D eigenvalue weighted by Gasteiger charge is -2.32. The summed E-state index contributed by atoms with van der Waals surface area (Å²) in [6.07, 6.45) is 5.10. The van der Waals surface area contributed by atoms with Crippen LogP contribution in [-0.4, -0.2) is 93.9 Å². The van der Waals surface area contributed by atoms with Gasteiger partial charge in [0.2, 0.25) is 17.6 Å². The van der Waals surface area contributed by atoms with Gasteiger partial charge in [-0.05, 0) is 126 Å². The molecule has 1 saturated carbocycles. The molecule has 282 valence electrons. The van der Waals surface area contributed by atoms with Crippen LogP contribution in [0.2, 0.25) is 0 Å². The summed E-state index contributed by atoms with van der Waals surface area (Å²) >= 11 is 0. The van der Waals surface area contributed by atoms with Gasteiger partial charge in [-0.2, -0.15) is 5.21 Å². The minimum Gasteiger partial charge on any atom is -0.478 e. The standard InChI is InChI=1S/C39H51N9O5/c1-39(2,3)53-38(51)42-24-27-9-13-30(14-10-27)36(49)48(32-18-15-29(16-19-32)35-43-45-46-44-35)37(50)33(40)23-26-7-11-28(12-8-26)31-17-20-34(41-25-31)52-22-6-21-47(4)5/h7-8,11-12,15-20,25,27,30,33H,6,9-10,13-14,21-24,40H2,1-5H3,(H,42,51)(H,43,44,45,46)/t27?,30?,33-/m0/s1. The monoisotopic (exact) mass is 725 g/mol. The summed E-state index contributed by atoms with van der Waals surface area (Å²) in [4.78, 5) is 48.2. The van der Waals surface area contributed by atoms with Gasteiger partial charge in [0.25, 0.3) is 5.91 Å². The van der Waals surface area contributed by atoms with Crippen LogP contribution in [0.3, 0.4) is 0 Å². The number of tetrazole rings is 1. The molecule has 3 amide bonds. The Labute approximate surface area is 310 Å². The lowest BCUT2D eigenvalue weighted by molar-refractivity contribution is -0.130. The molecule has 1 fully saturated rings. The zero-order chi connectivity index (χ0) is 38.0. The molecular formula is C39H51N9O5. The number of benzene rings is 2. The van der Waals surface area contributed by atoms with E-state index in [9.17, 15) is 14.4 Å².